The Morgan fingerprint density at radius 3 is 2.70 bits per heavy atom. The molecule has 0 aliphatic heterocycles. The van der Waals surface area contributed by atoms with Crippen molar-refractivity contribution < 1.29 is 13.9 Å². The van der Waals surface area contributed by atoms with Crippen molar-refractivity contribution in [1.82, 2.24) is 15.6 Å². The molecule has 148 valence electrons. The summed E-state index contributed by atoms with van der Waals surface area (Å²) in [7, 11) is 1.41. The number of hydrogen-bond donors (Lipinski definition) is 2. The van der Waals surface area contributed by atoms with Crippen molar-refractivity contribution in [3.05, 3.63) is 42.3 Å². The molecule has 0 aliphatic rings. The lowest BCUT2D eigenvalue weighted by atomic mass is 10.2. The fourth-order valence-electron chi connectivity index (χ4n) is 2.30. The summed E-state index contributed by atoms with van der Waals surface area (Å²) in [6.07, 6.45) is 3.71. The molecule has 0 unspecified atom stereocenters. The van der Waals surface area contributed by atoms with E-state index < -0.39 is 0 Å². The van der Waals surface area contributed by atoms with Crippen molar-refractivity contribution in [2.75, 3.05) is 20.2 Å². The van der Waals surface area contributed by atoms with Crippen LogP contribution in [0.15, 0.2) is 46.0 Å². The number of ether oxygens (including phenoxy) is 1. The van der Waals surface area contributed by atoms with E-state index in [-0.39, 0.29) is 29.9 Å². The molecule has 1 aromatic carbocycles. The third kappa shape index (κ3) is 8.42. The number of hydrogen-bond acceptors (Lipinski definition) is 5. The first-order valence-electron chi connectivity index (χ1n) is 8.81. The summed E-state index contributed by atoms with van der Waals surface area (Å²) in [6, 6.07) is 9.77. The minimum atomic E-state index is -0.175. The smallest absolute Gasteiger partial charge is 0.305 e. The van der Waals surface area contributed by atoms with Gasteiger partial charge in [-0.2, -0.15) is 0 Å². The largest absolute Gasteiger partial charge is 0.469 e. The van der Waals surface area contributed by atoms with Gasteiger partial charge in [0.1, 0.15) is 12.0 Å². The van der Waals surface area contributed by atoms with Gasteiger partial charge in [-0.1, -0.05) is 18.2 Å². The Kier molecular flexibility index (Phi) is 11.2. The number of oxazole rings is 1. The number of rotatable bonds is 9. The Morgan fingerprint density at radius 1 is 1.22 bits per heavy atom. The molecule has 0 aliphatic carbocycles. The highest BCUT2D eigenvalue weighted by molar-refractivity contribution is 14.0. The van der Waals surface area contributed by atoms with Gasteiger partial charge in [-0.3, -0.25) is 4.79 Å². The third-order valence-corrected chi connectivity index (χ3v) is 3.64. The Bertz CT molecular complexity index is 704. The molecule has 0 fully saturated rings. The van der Waals surface area contributed by atoms with E-state index in [9.17, 15) is 4.79 Å². The van der Waals surface area contributed by atoms with Crippen LogP contribution in [0, 0.1) is 0 Å². The number of nitrogens with zero attached hydrogens (tertiary/aromatic N) is 2. The summed E-state index contributed by atoms with van der Waals surface area (Å²) in [5.41, 5.74) is 1.71. The molecule has 27 heavy (non-hydrogen) atoms. The van der Waals surface area contributed by atoms with Crippen molar-refractivity contribution in [1.29, 1.82) is 0 Å². The van der Waals surface area contributed by atoms with Gasteiger partial charge in [-0.05, 0) is 31.9 Å². The minimum Gasteiger partial charge on any atom is -0.469 e. The van der Waals surface area contributed by atoms with E-state index >= 15 is 0 Å². The molecular formula is C19H27IN4O3. The van der Waals surface area contributed by atoms with Crippen LogP contribution in [-0.2, 0) is 16.1 Å². The average Bonchev–Trinajstić information content (AvgIpc) is 3.15. The maximum Gasteiger partial charge on any atom is 0.305 e. The summed E-state index contributed by atoms with van der Waals surface area (Å²) in [5, 5.41) is 6.44. The number of carbonyl (C=O) groups excluding carboxylic acids is 1. The number of nitrogens with one attached hydrogen (secondary N) is 2. The van der Waals surface area contributed by atoms with Crippen LogP contribution < -0.4 is 10.6 Å². The second-order valence-electron chi connectivity index (χ2n) is 5.67. The highest BCUT2D eigenvalue weighted by Gasteiger charge is 2.06. The van der Waals surface area contributed by atoms with Gasteiger partial charge >= 0.3 is 5.97 Å². The van der Waals surface area contributed by atoms with Crippen molar-refractivity contribution in [3.63, 3.8) is 0 Å². The zero-order valence-corrected chi connectivity index (χ0v) is 18.1. The van der Waals surface area contributed by atoms with Gasteiger partial charge in [0.25, 0.3) is 0 Å². The first kappa shape index (κ1) is 22.9. The molecule has 2 N–H and O–H groups in total. The van der Waals surface area contributed by atoms with E-state index in [1.165, 1.54) is 7.11 Å². The summed E-state index contributed by atoms with van der Waals surface area (Å²) >= 11 is 0. The second kappa shape index (κ2) is 13.1. The average molecular weight is 486 g/mol. The molecular weight excluding hydrogens is 459 g/mol. The van der Waals surface area contributed by atoms with Crippen LogP contribution in [0.3, 0.4) is 0 Å². The van der Waals surface area contributed by atoms with E-state index in [0.717, 1.165) is 43.1 Å². The maximum atomic E-state index is 11.1. The van der Waals surface area contributed by atoms with E-state index in [0.29, 0.717) is 18.9 Å². The van der Waals surface area contributed by atoms with Gasteiger partial charge in [-0.25, -0.2) is 9.98 Å². The summed E-state index contributed by atoms with van der Waals surface area (Å²) in [6.45, 7) is 3.94. The number of halogens is 1. The highest BCUT2D eigenvalue weighted by atomic mass is 127. The lowest BCUT2D eigenvalue weighted by Gasteiger charge is -2.10. The Balaban J connectivity index is 0.00000364. The highest BCUT2D eigenvalue weighted by Crippen LogP contribution is 2.18. The first-order chi connectivity index (χ1) is 12.7. The molecule has 0 amide bonds. The SMILES string of the molecule is CCNC(=NCc1coc(-c2ccccc2)n1)NCCCCC(=O)OC.I. The molecule has 2 rings (SSSR count). The molecule has 0 radical (unpaired) electrons. The van der Waals surface area contributed by atoms with Crippen LogP contribution in [-0.4, -0.2) is 37.1 Å². The normalized spacial score (nSPS) is 10.8. The second-order valence-corrected chi connectivity index (χ2v) is 5.67. The van der Waals surface area contributed by atoms with Gasteiger partial charge in [-0.15, -0.1) is 24.0 Å². The molecule has 0 saturated carbocycles. The van der Waals surface area contributed by atoms with Crippen molar-refractivity contribution in [3.8, 4) is 11.5 Å². The Hall–Kier alpha value is -2.10. The number of esters is 1. The van der Waals surface area contributed by atoms with Gasteiger partial charge in [0.05, 0.1) is 13.7 Å². The quantitative estimate of drug-likeness (QED) is 0.186. The van der Waals surface area contributed by atoms with Crippen molar-refractivity contribution in [2.24, 2.45) is 4.99 Å². The summed E-state index contributed by atoms with van der Waals surface area (Å²) in [4.78, 5) is 20.1. The Morgan fingerprint density at radius 2 is 2.00 bits per heavy atom. The monoisotopic (exact) mass is 486 g/mol. The van der Waals surface area contributed by atoms with Crippen LogP contribution in [0.5, 0.6) is 0 Å². The summed E-state index contributed by atoms with van der Waals surface area (Å²) in [5.74, 6) is 1.14. The number of benzene rings is 1. The molecule has 0 atom stereocenters. The number of unbranched alkanes of at least 4 members (excludes halogenated alkanes) is 1. The molecule has 0 spiro atoms. The molecule has 1 heterocycles. The van der Waals surface area contributed by atoms with Gasteiger partial charge < -0.3 is 19.8 Å². The van der Waals surface area contributed by atoms with E-state index in [4.69, 9.17) is 4.42 Å². The lowest BCUT2D eigenvalue weighted by molar-refractivity contribution is -0.140. The Labute approximate surface area is 177 Å². The van der Waals surface area contributed by atoms with Gasteiger partial charge in [0.2, 0.25) is 5.89 Å². The molecule has 7 nitrogen and oxygen atoms in total. The van der Waals surface area contributed by atoms with Gasteiger partial charge in [0, 0.05) is 25.1 Å². The summed E-state index contributed by atoms with van der Waals surface area (Å²) < 4.78 is 10.2. The molecule has 0 saturated heterocycles. The number of guanidine groups is 1. The zero-order valence-electron chi connectivity index (χ0n) is 15.7. The molecule has 8 heteroatoms. The fourth-order valence-corrected chi connectivity index (χ4v) is 2.30. The van der Waals surface area contributed by atoms with Crippen molar-refractivity contribution >= 4 is 35.9 Å². The number of aliphatic imine (C=N–C) groups is 1. The molecule has 1 aromatic heterocycles. The molecule has 2 aromatic rings. The third-order valence-electron chi connectivity index (χ3n) is 3.64. The topological polar surface area (TPSA) is 88.8 Å². The van der Waals surface area contributed by atoms with Crippen LogP contribution in [0.2, 0.25) is 0 Å². The first-order valence-corrected chi connectivity index (χ1v) is 8.81. The van der Waals surface area contributed by atoms with Gasteiger partial charge in [0.15, 0.2) is 5.96 Å². The standard InChI is InChI=1S/C19H26N4O3.HI/c1-3-20-19(21-12-8-7-11-17(24)25-2)22-13-16-14-26-18(23-16)15-9-5-4-6-10-15;/h4-6,9-10,14H,3,7-8,11-13H2,1-2H3,(H2,20,21,22);1H. The predicted octanol–water partition coefficient (Wildman–Crippen LogP) is 3.36. The van der Waals surface area contributed by atoms with Crippen molar-refractivity contribution in [2.45, 2.75) is 32.7 Å². The van der Waals surface area contributed by atoms with E-state index in [1.807, 2.05) is 37.3 Å². The maximum absolute atomic E-state index is 11.1. The fraction of sp³-hybridized carbons (Fsp3) is 0.421. The molecule has 0 bridgehead atoms. The number of aromatic nitrogens is 1. The lowest BCUT2D eigenvalue weighted by Crippen LogP contribution is -2.37. The predicted molar refractivity (Wildman–Crippen MR) is 116 cm³/mol. The number of methoxy groups -OCH3 is 1. The van der Waals surface area contributed by atoms with E-state index in [2.05, 4.69) is 25.3 Å². The van der Waals surface area contributed by atoms with Crippen LogP contribution in [0.4, 0.5) is 0 Å². The van der Waals surface area contributed by atoms with Crippen LogP contribution in [0.1, 0.15) is 31.9 Å². The minimum absolute atomic E-state index is 0. The number of carbonyl (C=O) groups is 1. The van der Waals surface area contributed by atoms with E-state index in [1.54, 1.807) is 6.26 Å². The van der Waals surface area contributed by atoms with Crippen LogP contribution >= 0.6 is 24.0 Å². The van der Waals surface area contributed by atoms with Crippen LogP contribution in [0.25, 0.3) is 11.5 Å². The zero-order chi connectivity index (χ0) is 18.6.